The second-order valence-electron chi connectivity index (χ2n) is 3.82. The van der Waals surface area contributed by atoms with E-state index in [1.54, 1.807) is 19.2 Å². The second kappa shape index (κ2) is 4.01. The van der Waals surface area contributed by atoms with Gasteiger partial charge in [-0.3, -0.25) is 4.68 Å². The highest BCUT2D eigenvalue weighted by Crippen LogP contribution is 2.26. The van der Waals surface area contributed by atoms with Crippen LogP contribution in [0.1, 0.15) is 15.9 Å². The number of nitrogens with zero attached hydrogens (tertiary/aromatic N) is 2. The predicted octanol–water partition coefficient (Wildman–Crippen LogP) is 2.23. The van der Waals surface area contributed by atoms with E-state index in [1.165, 1.54) is 16.9 Å². The van der Waals surface area contributed by atoms with Crippen molar-refractivity contribution in [1.29, 1.82) is 0 Å². The summed E-state index contributed by atoms with van der Waals surface area (Å²) >= 11 is 0. The van der Waals surface area contributed by atoms with Crippen molar-refractivity contribution in [2.24, 2.45) is 7.05 Å². The lowest BCUT2D eigenvalue weighted by Gasteiger charge is -2.06. The number of halogens is 1. The molecule has 0 amide bonds. The van der Waals surface area contributed by atoms with Gasteiger partial charge in [0.25, 0.3) is 0 Å². The smallest absolute Gasteiger partial charge is 0.339 e. The monoisotopic (exact) mass is 234 g/mol. The highest BCUT2D eigenvalue weighted by Gasteiger charge is 2.19. The third kappa shape index (κ3) is 1.91. The van der Waals surface area contributed by atoms with Crippen molar-refractivity contribution in [3.63, 3.8) is 0 Å². The Balaban J connectivity index is 2.71. The van der Waals surface area contributed by atoms with Gasteiger partial charge < -0.3 is 5.11 Å². The maximum atomic E-state index is 13.7. The molecule has 0 spiro atoms. The number of hydrogen-bond donors (Lipinski definition) is 1. The number of hydrogen-bond acceptors (Lipinski definition) is 2. The lowest BCUT2D eigenvalue weighted by Crippen LogP contribution is -2.02. The van der Waals surface area contributed by atoms with Crippen LogP contribution in [-0.4, -0.2) is 20.9 Å². The summed E-state index contributed by atoms with van der Waals surface area (Å²) in [4.78, 5) is 11.0. The van der Waals surface area contributed by atoms with Crippen LogP contribution in [0.25, 0.3) is 11.3 Å². The highest BCUT2D eigenvalue weighted by molar-refractivity contribution is 5.94. The molecule has 0 radical (unpaired) electrons. The molecule has 0 aliphatic heterocycles. The van der Waals surface area contributed by atoms with Gasteiger partial charge in [-0.25, -0.2) is 9.18 Å². The van der Waals surface area contributed by atoms with Crippen LogP contribution >= 0.6 is 0 Å². The number of rotatable bonds is 2. The van der Waals surface area contributed by atoms with E-state index in [4.69, 9.17) is 5.11 Å². The normalized spacial score (nSPS) is 10.5. The van der Waals surface area contributed by atoms with Gasteiger partial charge in [0.15, 0.2) is 0 Å². The molecule has 0 aliphatic carbocycles. The molecular formula is C12H11FN2O2. The Kier molecular flexibility index (Phi) is 2.67. The Bertz CT molecular complexity index is 590. The summed E-state index contributed by atoms with van der Waals surface area (Å²) in [6.07, 6.45) is 1.22. The van der Waals surface area contributed by atoms with Crippen molar-refractivity contribution in [2.45, 2.75) is 6.92 Å². The Hall–Kier alpha value is -2.17. The second-order valence-corrected chi connectivity index (χ2v) is 3.82. The summed E-state index contributed by atoms with van der Waals surface area (Å²) in [5.41, 5.74) is 1.39. The zero-order valence-electron chi connectivity index (χ0n) is 9.44. The molecule has 1 aromatic carbocycles. The van der Waals surface area contributed by atoms with Gasteiger partial charge in [0, 0.05) is 12.6 Å². The van der Waals surface area contributed by atoms with Crippen molar-refractivity contribution < 1.29 is 14.3 Å². The van der Waals surface area contributed by atoms with Crippen molar-refractivity contribution in [1.82, 2.24) is 9.78 Å². The summed E-state index contributed by atoms with van der Waals surface area (Å²) in [6, 6.07) is 4.57. The summed E-state index contributed by atoms with van der Waals surface area (Å²) in [7, 11) is 1.59. The zero-order chi connectivity index (χ0) is 12.6. The van der Waals surface area contributed by atoms with Gasteiger partial charge in [0.2, 0.25) is 0 Å². The first kappa shape index (κ1) is 11.3. The molecule has 0 bridgehead atoms. The predicted molar refractivity (Wildman–Crippen MR) is 60.3 cm³/mol. The third-order valence-corrected chi connectivity index (χ3v) is 2.55. The maximum Gasteiger partial charge on any atom is 0.339 e. The quantitative estimate of drug-likeness (QED) is 0.866. The summed E-state index contributed by atoms with van der Waals surface area (Å²) in [5.74, 6) is -1.57. The minimum absolute atomic E-state index is 0.00278. The SMILES string of the molecule is Cc1ccc(F)c(-c2c(C(=O)O)cnn2C)c1. The van der Waals surface area contributed by atoms with Crippen molar-refractivity contribution in [2.75, 3.05) is 0 Å². The third-order valence-electron chi connectivity index (χ3n) is 2.55. The number of aromatic nitrogens is 2. The van der Waals surface area contributed by atoms with E-state index in [1.807, 2.05) is 6.92 Å². The Labute approximate surface area is 97.3 Å². The molecule has 0 aliphatic rings. The number of benzene rings is 1. The minimum Gasteiger partial charge on any atom is -0.478 e. The van der Waals surface area contributed by atoms with Crippen molar-refractivity contribution in [3.05, 3.63) is 41.3 Å². The number of aromatic carboxylic acids is 1. The maximum absolute atomic E-state index is 13.7. The van der Waals surface area contributed by atoms with Gasteiger partial charge >= 0.3 is 5.97 Å². The minimum atomic E-state index is -1.12. The molecule has 17 heavy (non-hydrogen) atoms. The van der Waals surface area contributed by atoms with Crippen LogP contribution in [0.15, 0.2) is 24.4 Å². The van der Waals surface area contributed by atoms with E-state index < -0.39 is 11.8 Å². The molecule has 2 rings (SSSR count). The van der Waals surface area contributed by atoms with E-state index in [-0.39, 0.29) is 16.8 Å². The van der Waals surface area contributed by atoms with E-state index >= 15 is 0 Å². The molecule has 0 fully saturated rings. The Morgan fingerprint density at radius 3 is 2.82 bits per heavy atom. The first-order chi connectivity index (χ1) is 8.00. The Morgan fingerprint density at radius 2 is 2.18 bits per heavy atom. The molecule has 4 nitrogen and oxygen atoms in total. The van der Waals surface area contributed by atoms with Gasteiger partial charge in [0.05, 0.1) is 11.9 Å². The topological polar surface area (TPSA) is 55.1 Å². The molecule has 0 unspecified atom stereocenters. The molecule has 0 atom stereocenters. The Morgan fingerprint density at radius 1 is 1.47 bits per heavy atom. The fraction of sp³-hybridized carbons (Fsp3) is 0.167. The van der Waals surface area contributed by atoms with Gasteiger partial charge in [-0.1, -0.05) is 11.6 Å². The summed E-state index contributed by atoms with van der Waals surface area (Å²) in [5, 5.41) is 12.9. The lowest BCUT2D eigenvalue weighted by atomic mass is 10.0. The van der Waals surface area contributed by atoms with Crippen molar-refractivity contribution >= 4 is 5.97 Å². The van der Waals surface area contributed by atoms with Crippen LogP contribution < -0.4 is 0 Å². The van der Waals surface area contributed by atoms with E-state index in [0.29, 0.717) is 0 Å². The van der Waals surface area contributed by atoms with E-state index in [0.717, 1.165) is 5.56 Å². The first-order valence-electron chi connectivity index (χ1n) is 5.02. The summed E-state index contributed by atoms with van der Waals surface area (Å²) in [6.45, 7) is 1.82. The van der Waals surface area contributed by atoms with E-state index in [9.17, 15) is 9.18 Å². The van der Waals surface area contributed by atoms with Gasteiger partial charge in [-0.05, 0) is 19.1 Å². The standard InChI is InChI=1S/C12H11FN2O2/c1-7-3-4-10(13)8(5-7)11-9(12(16)17)6-14-15(11)2/h3-6H,1-2H3,(H,16,17). The number of carboxylic acids is 1. The van der Waals surface area contributed by atoms with Crippen LogP contribution in [0.4, 0.5) is 4.39 Å². The average Bonchev–Trinajstić information content (AvgIpc) is 2.64. The molecule has 2 aromatic rings. The molecule has 0 saturated carbocycles. The van der Waals surface area contributed by atoms with Gasteiger partial charge in [-0.2, -0.15) is 5.10 Å². The first-order valence-corrected chi connectivity index (χ1v) is 5.02. The van der Waals surface area contributed by atoms with Crippen molar-refractivity contribution in [3.8, 4) is 11.3 Å². The molecule has 1 heterocycles. The molecular weight excluding hydrogens is 223 g/mol. The molecule has 5 heteroatoms. The fourth-order valence-electron chi connectivity index (χ4n) is 1.73. The van der Waals surface area contributed by atoms with Crippen LogP contribution in [0, 0.1) is 12.7 Å². The number of aryl methyl sites for hydroxylation is 2. The molecule has 0 saturated heterocycles. The summed E-state index contributed by atoms with van der Waals surface area (Å²) < 4.78 is 15.1. The fourth-order valence-corrected chi connectivity index (χ4v) is 1.73. The molecule has 1 aromatic heterocycles. The van der Waals surface area contributed by atoms with Crippen LogP contribution in [0.2, 0.25) is 0 Å². The lowest BCUT2D eigenvalue weighted by molar-refractivity contribution is 0.0697. The van der Waals surface area contributed by atoms with Crippen LogP contribution in [0.5, 0.6) is 0 Å². The highest BCUT2D eigenvalue weighted by atomic mass is 19.1. The van der Waals surface area contributed by atoms with E-state index in [2.05, 4.69) is 5.10 Å². The average molecular weight is 234 g/mol. The zero-order valence-corrected chi connectivity index (χ0v) is 9.44. The molecule has 88 valence electrons. The van der Waals surface area contributed by atoms with Gasteiger partial charge in [0.1, 0.15) is 11.4 Å². The van der Waals surface area contributed by atoms with Crippen LogP contribution in [-0.2, 0) is 7.05 Å². The molecule has 1 N–H and O–H groups in total. The largest absolute Gasteiger partial charge is 0.478 e. The van der Waals surface area contributed by atoms with Crippen LogP contribution in [0.3, 0.4) is 0 Å². The van der Waals surface area contributed by atoms with Gasteiger partial charge in [-0.15, -0.1) is 0 Å². The number of carbonyl (C=O) groups is 1. The number of carboxylic acid groups (broad SMARTS) is 1.